The van der Waals surface area contributed by atoms with Crippen LogP contribution in [0.4, 0.5) is 19.0 Å². The Hall–Kier alpha value is -2.32. The summed E-state index contributed by atoms with van der Waals surface area (Å²) in [6.45, 7) is 1.65. The third-order valence-corrected chi connectivity index (χ3v) is 7.22. The van der Waals surface area contributed by atoms with Crippen molar-refractivity contribution >= 4 is 17.6 Å². The number of hydrogen-bond donors (Lipinski definition) is 1. The Labute approximate surface area is 192 Å². The lowest BCUT2D eigenvalue weighted by Gasteiger charge is -2.39. The van der Waals surface area contributed by atoms with Gasteiger partial charge in [0.15, 0.2) is 0 Å². The van der Waals surface area contributed by atoms with Crippen LogP contribution in [0.2, 0.25) is 0 Å². The number of aromatic nitrogens is 1. The first-order valence-corrected chi connectivity index (χ1v) is 12.2. The predicted molar refractivity (Wildman–Crippen MR) is 118 cm³/mol. The summed E-state index contributed by atoms with van der Waals surface area (Å²) in [5.41, 5.74) is -0.768. The number of carbonyl (C=O) groups excluding carboxylic acids is 2. The fourth-order valence-electron chi connectivity index (χ4n) is 5.46. The fourth-order valence-corrected chi connectivity index (χ4v) is 5.46. The van der Waals surface area contributed by atoms with Gasteiger partial charge in [0.1, 0.15) is 5.82 Å². The van der Waals surface area contributed by atoms with Gasteiger partial charge in [-0.1, -0.05) is 19.3 Å². The third-order valence-electron chi connectivity index (χ3n) is 7.22. The zero-order chi connectivity index (χ0) is 23.4. The van der Waals surface area contributed by atoms with Gasteiger partial charge in [0, 0.05) is 38.4 Å². The van der Waals surface area contributed by atoms with Crippen molar-refractivity contribution in [3.05, 3.63) is 23.9 Å². The van der Waals surface area contributed by atoms with Crippen LogP contribution in [0.1, 0.15) is 63.4 Å². The molecule has 9 heteroatoms. The highest BCUT2D eigenvalue weighted by Gasteiger charge is 2.39. The van der Waals surface area contributed by atoms with Crippen molar-refractivity contribution in [1.82, 2.24) is 15.2 Å². The number of amides is 2. The van der Waals surface area contributed by atoms with Crippen LogP contribution in [0, 0.1) is 11.8 Å². The summed E-state index contributed by atoms with van der Waals surface area (Å²) in [5, 5.41) is 3.18. The van der Waals surface area contributed by atoms with Crippen LogP contribution >= 0.6 is 0 Å². The zero-order valence-corrected chi connectivity index (χ0v) is 18.9. The highest BCUT2D eigenvalue weighted by atomic mass is 19.4. The van der Waals surface area contributed by atoms with Crippen molar-refractivity contribution in [2.24, 2.45) is 11.8 Å². The number of alkyl halides is 3. The standard InChI is InChI=1S/C24H33F3N4O2/c25-24(26,27)20-11-4-12-28-21(20)30-13-6-8-18(16-30)23(33)31-14-5-7-17(15-31)22(32)29-19-9-2-1-3-10-19/h4,11-12,17-19H,1-3,5-10,13-16H2,(H,29,32). The first-order valence-electron chi connectivity index (χ1n) is 12.2. The Morgan fingerprint density at radius 3 is 2.42 bits per heavy atom. The van der Waals surface area contributed by atoms with Crippen molar-refractivity contribution in [2.75, 3.05) is 31.1 Å². The SMILES string of the molecule is O=C(NC1CCCCC1)C1CCCN(C(=O)C2CCCN(c3ncccc3C(F)(F)F)C2)C1. The van der Waals surface area contributed by atoms with Gasteiger partial charge < -0.3 is 15.1 Å². The molecule has 2 aliphatic heterocycles. The molecular weight excluding hydrogens is 433 g/mol. The van der Waals surface area contributed by atoms with E-state index in [0.717, 1.165) is 44.6 Å². The van der Waals surface area contributed by atoms with Gasteiger partial charge in [-0.3, -0.25) is 9.59 Å². The molecule has 182 valence electrons. The Balaban J connectivity index is 1.38. The minimum Gasteiger partial charge on any atom is -0.355 e. The van der Waals surface area contributed by atoms with Gasteiger partial charge in [0.2, 0.25) is 11.8 Å². The number of halogens is 3. The number of anilines is 1. The minimum absolute atomic E-state index is 0.0352. The van der Waals surface area contributed by atoms with Gasteiger partial charge >= 0.3 is 6.18 Å². The zero-order valence-electron chi connectivity index (χ0n) is 18.9. The average Bonchev–Trinajstić information content (AvgIpc) is 2.84. The van der Waals surface area contributed by atoms with E-state index in [1.807, 2.05) is 0 Å². The molecule has 2 saturated heterocycles. The molecule has 33 heavy (non-hydrogen) atoms. The van der Waals surface area contributed by atoms with Gasteiger partial charge in [0.05, 0.1) is 17.4 Å². The molecule has 3 fully saturated rings. The number of rotatable bonds is 4. The third kappa shape index (κ3) is 5.79. The molecule has 0 bridgehead atoms. The number of piperidine rings is 2. The molecule has 0 spiro atoms. The molecule has 3 heterocycles. The highest BCUT2D eigenvalue weighted by Crippen LogP contribution is 2.36. The van der Waals surface area contributed by atoms with Crippen molar-refractivity contribution in [3.8, 4) is 0 Å². The maximum Gasteiger partial charge on any atom is 0.419 e. The van der Waals surface area contributed by atoms with E-state index >= 15 is 0 Å². The van der Waals surface area contributed by atoms with E-state index in [4.69, 9.17) is 0 Å². The molecule has 1 saturated carbocycles. The monoisotopic (exact) mass is 466 g/mol. The van der Waals surface area contributed by atoms with Crippen LogP contribution < -0.4 is 10.2 Å². The molecule has 1 aromatic heterocycles. The number of pyridine rings is 1. The summed E-state index contributed by atoms with van der Waals surface area (Å²) in [5.74, 6) is -0.725. The van der Waals surface area contributed by atoms with Gasteiger partial charge in [-0.15, -0.1) is 0 Å². The molecule has 1 aliphatic carbocycles. The maximum atomic E-state index is 13.5. The Morgan fingerprint density at radius 2 is 1.67 bits per heavy atom. The molecule has 1 aromatic rings. The van der Waals surface area contributed by atoms with E-state index in [0.29, 0.717) is 32.5 Å². The van der Waals surface area contributed by atoms with Crippen molar-refractivity contribution in [2.45, 2.75) is 70.0 Å². The van der Waals surface area contributed by atoms with Crippen LogP contribution in [0.3, 0.4) is 0 Å². The minimum atomic E-state index is -4.49. The van der Waals surface area contributed by atoms with Gasteiger partial charge in [-0.2, -0.15) is 13.2 Å². The summed E-state index contributed by atoms with van der Waals surface area (Å²) in [6.07, 6.45) is 5.21. The molecule has 0 radical (unpaired) electrons. The Kier molecular flexibility index (Phi) is 7.44. The van der Waals surface area contributed by atoms with Gasteiger partial charge in [-0.25, -0.2) is 4.98 Å². The molecule has 2 unspecified atom stereocenters. The smallest absolute Gasteiger partial charge is 0.355 e. The lowest BCUT2D eigenvalue weighted by Crippen LogP contribution is -2.51. The molecule has 3 aliphatic rings. The van der Waals surface area contributed by atoms with E-state index < -0.39 is 11.7 Å². The number of carbonyl (C=O) groups is 2. The summed E-state index contributed by atoms with van der Waals surface area (Å²) < 4.78 is 40.4. The van der Waals surface area contributed by atoms with Gasteiger partial charge in [-0.05, 0) is 50.7 Å². The van der Waals surface area contributed by atoms with Crippen molar-refractivity contribution in [1.29, 1.82) is 0 Å². The summed E-state index contributed by atoms with van der Waals surface area (Å²) in [6, 6.07) is 2.56. The number of nitrogens with one attached hydrogen (secondary N) is 1. The van der Waals surface area contributed by atoms with Crippen LogP contribution in [0.25, 0.3) is 0 Å². The molecule has 2 atom stereocenters. The summed E-state index contributed by atoms with van der Waals surface area (Å²) in [7, 11) is 0. The van der Waals surface area contributed by atoms with E-state index in [9.17, 15) is 22.8 Å². The Bertz CT molecular complexity index is 841. The molecule has 4 rings (SSSR count). The van der Waals surface area contributed by atoms with Crippen LogP contribution in [0.5, 0.6) is 0 Å². The summed E-state index contributed by atoms with van der Waals surface area (Å²) in [4.78, 5) is 33.4. The van der Waals surface area contributed by atoms with Crippen molar-refractivity contribution < 1.29 is 22.8 Å². The molecule has 2 amide bonds. The maximum absolute atomic E-state index is 13.5. The van der Waals surface area contributed by atoms with Crippen molar-refractivity contribution in [3.63, 3.8) is 0 Å². The lowest BCUT2D eigenvalue weighted by molar-refractivity contribution is -0.139. The second-order valence-electron chi connectivity index (χ2n) is 9.62. The first kappa shape index (κ1) is 23.8. The molecular formula is C24H33F3N4O2. The van der Waals surface area contributed by atoms with E-state index in [2.05, 4.69) is 10.3 Å². The molecule has 0 aromatic carbocycles. The van der Waals surface area contributed by atoms with Crippen LogP contribution in [-0.4, -0.2) is 53.9 Å². The number of hydrogen-bond acceptors (Lipinski definition) is 4. The largest absolute Gasteiger partial charge is 0.419 e. The average molecular weight is 467 g/mol. The van der Waals surface area contributed by atoms with Gasteiger partial charge in [0.25, 0.3) is 0 Å². The predicted octanol–water partition coefficient (Wildman–Crippen LogP) is 4.00. The van der Waals surface area contributed by atoms with E-state index in [-0.39, 0.29) is 42.1 Å². The number of likely N-dealkylation sites (tertiary alicyclic amines) is 1. The Morgan fingerprint density at radius 1 is 0.939 bits per heavy atom. The fraction of sp³-hybridized carbons (Fsp3) is 0.708. The lowest BCUT2D eigenvalue weighted by atomic mass is 9.91. The molecule has 1 N–H and O–H groups in total. The van der Waals surface area contributed by atoms with Crippen LogP contribution in [-0.2, 0) is 15.8 Å². The topological polar surface area (TPSA) is 65.5 Å². The number of nitrogens with zero attached hydrogens (tertiary/aromatic N) is 3. The van der Waals surface area contributed by atoms with E-state index in [1.54, 1.807) is 9.80 Å². The van der Waals surface area contributed by atoms with Crippen LogP contribution in [0.15, 0.2) is 18.3 Å². The second kappa shape index (κ2) is 10.3. The molecule has 6 nitrogen and oxygen atoms in total. The van der Waals surface area contributed by atoms with E-state index in [1.165, 1.54) is 18.7 Å². The highest BCUT2D eigenvalue weighted by molar-refractivity contribution is 5.83. The second-order valence-corrected chi connectivity index (χ2v) is 9.62. The normalized spacial score (nSPS) is 25.1. The summed E-state index contributed by atoms with van der Waals surface area (Å²) >= 11 is 0. The first-order chi connectivity index (χ1) is 15.8. The quantitative estimate of drug-likeness (QED) is 0.729.